The van der Waals surface area contributed by atoms with Crippen LogP contribution in [0.15, 0.2) is 42.7 Å². The molecule has 1 amide bonds. The smallest absolute Gasteiger partial charge is 0.254 e. The van der Waals surface area contributed by atoms with Crippen molar-refractivity contribution in [3.63, 3.8) is 0 Å². The van der Waals surface area contributed by atoms with Crippen LogP contribution in [0.25, 0.3) is 10.9 Å². The molecule has 144 valence electrons. The summed E-state index contributed by atoms with van der Waals surface area (Å²) in [6.45, 7) is 0. The van der Waals surface area contributed by atoms with E-state index in [2.05, 4.69) is 20.3 Å². The van der Waals surface area contributed by atoms with Crippen molar-refractivity contribution in [2.75, 3.05) is 5.32 Å². The number of ether oxygens (including phenoxy) is 1. The van der Waals surface area contributed by atoms with E-state index in [0.29, 0.717) is 22.4 Å². The molecule has 1 aliphatic rings. The number of carbonyl (C=O) groups is 1. The van der Waals surface area contributed by atoms with Crippen molar-refractivity contribution in [3.05, 3.63) is 54.1 Å². The van der Waals surface area contributed by atoms with Crippen LogP contribution in [0.5, 0.6) is 5.88 Å². The highest BCUT2D eigenvalue weighted by atomic mass is 19.1. The molecular weight excluding hydrogens is 361 g/mol. The van der Waals surface area contributed by atoms with Crippen LogP contribution in [0.1, 0.15) is 36.0 Å². The fourth-order valence-corrected chi connectivity index (χ4v) is 3.41. The molecule has 1 aliphatic carbocycles. The summed E-state index contributed by atoms with van der Waals surface area (Å²) >= 11 is 0. The van der Waals surface area contributed by atoms with Gasteiger partial charge in [-0.05, 0) is 56.0 Å². The van der Waals surface area contributed by atoms with E-state index in [1.54, 1.807) is 30.6 Å². The lowest BCUT2D eigenvalue weighted by Crippen LogP contribution is -2.32. The largest absolute Gasteiger partial charge is 0.474 e. The molecule has 0 atom stereocenters. The number of pyridine rings is 1. The maximum Gasteiger partial charge on any atom is 0.254 e. The summed E-state index contributed by atoms with van der Waals surface area (Å²) < 4.78 is 19.2. The van der Waals surface area contributed by atoms with Gasteiger partial charge < -0.3 is 15.8 Å². The zero-order chi connectivity index (χ0) is 19.5. The quantitative estimate of drug-likeness (QED) is 0.704. The maximum atomic E-state index is 13.3. The SMILES string of the molecule is NC(=O)c1cccnc1OC1CCC(Nc2ncc3cc(F)ccc3n2)CC1. The van der Waals surface area contributed by atoms with Gasteiger partial charge in [-0.3, -0.25) is 4.79 Å². The van der Waals surface area contributed by atoms with Crippen LogP contribution in [0.3, 0.4) is 0 Å². The second-order valence-electron chi connectivity index (χ2n) is 6.85. The van der Waals surface area contributed by atoms with Crippen molar-refractivity contribution in [1.29, 1.82) is 0 Å². The van der Waals surface area contributed by atoms with Crippen LogP contribution < -0.4 is 15.8 Å². The van der Waals surface area contributed by atoms with Gasteiger partial charge in [-0.2, -0.15) is 0 Å². The molecular formula is C20H20FN5O2. The standard InChI is InChI=1S/C20H20FN5O2/c21-13-3-8-17-12(10-13)11-24-20(26-17)25-14-4-6-15(7-5-14)28-19-16(18(22)27)2-1-9-23-19/h1-3,8-11,14-15H,4-7H2,(H2,22,27)(H,24,25,26). The van der Waals surface area contributed by atoms with Gasteiger partial charge in [0, 0.05) is 23.8 Å². The summed E-state index contributed by atoms with van der Waals surface area (Å²) in [5, 5.41) is 4.01. The summed E-state index contributed by atoms with van der Waals surface area (Å²) in [6.07, 6.45) is 6.54. The Morgan fingerprint density at radius 3 is 2.79 bits per heavy atom. The van der Waals surface area contributed by atoms with Gasteiger partial charge in [-0.15, -0.1) is 0 Å². The molecule has 0 bridgehead atoms. The van der Waals surface area contributed by atoms with E-state index in [1.807, 2.05) is 0 Å². The molecule has 7 nitrogen and oxygen atoms in total. The molecule has 8 heteroatoms. The molecule has 2 heterocycles. The Labute approximate surface area is 161 Å². The summed E-state index contributed by atoms with van der Waals surface area (Å²) in [7, 11) is 0. The van der Waals surface area contributed by atoms with E-state index >= 15 is 0 Å². The summed E-state index contributed by atoms with van der Waals surface area (Å²) in [5.74, 6) is -0.0324. The number of rotatable bonds is 5. The van der Waals surface area contributed by atoms with Crippen LogP contribution in [0, 0.1) is 5.82 Å². The minimum Gasteiger partial charge on any atom is -0.474 e. The Balaban J connectivity index is 1.36. The van der Waals surface area contributed by atoms with Gasteiger partial charge in [0.2, 0.25) is 11.8 Å². The number of fused-ring (bicyclic) bond motifs is 1. The van der Waals surface area contributed by atoms with E-state index in [-0.39, 0.29) is 23.8 Å². The zero-order valence-electron chi connectivity index (χ0n) is 15.1. The third kappa shape index (κ3) is 4.00. The second-order valence-corrected chi connectivity index (χ2v) is 6.85. The normalized spacial score (nSPS) is 19.3. The highest BCUT2D eigenvalue weighted by molar-refractivity contribution is 5.94. The van der Waals surface area contributed by atoms with E-state index in [0.717, 1.165) is 25.7 Å². The predicted octanol–water partition coefficient (Wildman–Crippen LogP) is 3.06. The van der Waals surface area contributed by atoms with Crippen LogP contribution in [0.2, 0.25) is 0 Å². The molecule has 4 rings (SSSR count). The lowest BCUT2D eigenvalue weighted by molar-refractivity contribution is 0.0983. The van der Waals surface area contributed by atoms with Crippen molar-refractivity contribution >= 4 is 22.8 Å². The van der Waals surface area contributed by atoms with Crippen LogP contribution in [0.4, 0.5) is 10.3 Å². The van der Waals surface area contributed by atoms with Crippen molar-refractivity contribution in [3.8, 4) is 5.88 Å². The molecule has 0 aliphatic heterocycles. The third-order valence-electron chi connectivity index (χ3n) is 4.86. The van der Waals surface area contributed by atoms with Gasteiger partial charge in [-0.25, -0.2) is 19.3 Å². The summed E-state index contributed by atoms with van der Waals surface area (Å²) in [5.41, 5.74) is 6.37. The van der Waals surface area contributed by atoms with Crippen molar-refractivity contribution < 1.29 is 13.9 Å². The highest BCUT2D eigenvalue weighted by Gasteiger charge is 2.24. The number of nitrogens with zero attached hydrogens (tertiary/aromatic N) is 3. The number of nitrogens with two attached hydrogens (primary N) is 1. The lowest BCUT2D eigenvalue weighted by Gasteiger charge is -2.29. The predicted molar refractivity (Wildman–Crippen MR) is 103 cm³/mol. The average Bonchev–Trinajstić information content (AvgIpc) is 2.70. The second kappa shape index (κ2) is 7.75. The molecule has 0 spiro atoms. The van der Waals surface area contributed by atoms with Crippen LogP contribution in [-0.4, -0.2) is 33.0 Å². The number of nitrogens with one attached hydrogen (secondary N) is 1. The first-order valence-electron chi connectivity index (χ1n) is 9.19. The Morgan fingerprint density at radius 2 is 2.00 bits per heavy atom. The van der Waals surface area contributed by atoms with Gasteiger partial charge in [-0.1, -0.05) is 0 Å². The lowest BCUT2D eigenvalue weighted by atomic mass is 9.93. The fraction of sp³-hybridized carbons (Fsp3) is 0.300. The molecule has 0 saturated heterocycles. The van der Waals surface area contributed by atoms with Crippen LogP contribution >= 0.6 is 0 Å². The van der Waals surface area contributed by atoms with Crippen molar-refractivity contribution in [2.24, 2.45) is 5.73 Å². The molecule has 28 heavy (non-hydrogen) atoms. The Hall–Kier alpha value is -3.29. The van der Waals surface area contributed by atoms with E-state index in [9.17, 15) is 9.18 Å². The number of primary amides is 1. The summed E-state index contributed by atoms with van der Waals surface area (Å²) in [6, 6.07) is 7.94. The Morgan fingerprint density at radius 1 is 1.18 bits per heavy atom. The number of carbonyl (C=O) groups excluding carboxylic acids is 1. The van der Waals surface area contributed by atoms with Gasteiger partial charge in [0.25, 0.3) is 5.91 Å². The first-order valence-corrected chi connectivity index (χ1v) is 9.19. The number of halogens is 1. The molecule has 0 radical (unpaired) electrons. The van der Waals surface area contributed by atoms with E-state index in [1.165, 1.54) is 12.1 Å². The monoisotopic (exact) mass is 381 g/mol. The molecule has 3 N–H and O–H groups in total. The van der Waals surface area contributed by atoms with Gasteiger partial charge in [0.05, 0.1) is 5.52 Å². The first kappa shape index (κ1) is 18.1. The van der Waals surface area contributed by atoms with Gasteiger partial charge in [0.1, 0.15) is 17.5 Å². The number of anilines is 1. The van der Waals surface area contributed by atoms with Crippen molar-refractivity contribution in [1.82, 2.24) is 15.0 Å². The van der Waals surface area contributed by atoms with E-state index in [4.69, 9.17) is 10.5 Å². The number of amides is 1. The molecule has 1 aromatic carbocycles. The Kier molecular flexibility index (Phi) is 5.01. The third-order valence-corrected chi connectivity index (χ3v) is 4.86. The molecule has 0 unspecified atom stereocenters. The topological polar surface area (TPSA) is 103 Å². The number of benzene rings is 1. The highest BCUT2D eigenvalue weighted by Crippen LogP contribution is 2.26. The minimum atomic E-state index is -0.549. The van der Waals surface area contributed by atoms with Crippen LogP contribution in [-0.2, 0) is 0 Å². The zero-order valence-corrected chi connectivity index (χ0v) is 15.1. The van der Waals surface area contributed by atoms with Gasteiger partial charge >= 0.3 is 0 Å². The van der Waals surface area contributed by atoms with Gasteiger partial charge in [0.15, 0.2) is 0 Å². The van der Waals surface area contributed by atoms with Crippen molar-refractivity contribution in [2.45, 2.75) is 37.8 Å². The molecule has 1 saturated carbocycles. The first-order chi connectivity index (χ1) is 13.6. The Bertz CT molecular complexity index is 1000. The minimum absolute atomic E-state index is 0.0217. The number of hydrogen-bond donors (Lipinski definition) is 2. The number of hydrogen-bond acceptors (Lipinski definition) is 6. The van der Waals surface area contributed by atoms with E-state index < -0.39 is 5.91 Å². The summed E-state index contributed by atoms with van der Waals surface area (Å²) in [4.78, 5) is 24.3. The number of aromatic nitrogens is 3. The fourth-order valence-electron chi connectivity index (χ4n) is 3.41. The average molecular weight is 381 g/mol. The molecule has 1 fully saturated rings. The maximum absolute atomic E-state index is 13.3. The molecule has 2 aromatic heterocycles. The molecule has 3 aromatic rings.